The molecule has 0 saturated heterocycles. The maximum absolute atomic E-state index is 11.1. The Balaban J connectivity index is 1.61. The lowest BCUT2D eigenvalue weighted by molar-refractivity contribution is 0.0996. The van der Waals surface area contributed by atoms with Gasteiger partial charge in [0.15, 0.2) is 0 Å². The molecule has 2 aromatic rings. The van der Waals surface area contributed by atoms with Crippen LogP contribution in [-0.4, -0.2) is 25.9 Å². The van der Waals surface area contributed by atoms with Crippen molar-refractivity contribution in [2.24, 2.45) is 17.6 Å². The van der Waals surface area contributed by atoms with Crippen molar-refractivity contribution < 1.29 is 4.79 Å². The standard InChI is InChI=1S/C16H23N5OS/c1-10(2)11-3-5-12(6-4-11)13-7-21(20-19-13)8-15-18-14(9-23-15)16(17)22/h7,9-12H,3-6,8H2,1-2H3,(H2,17,22). The summed E-state index contributed by atoms with van der Waals surface area (Å²) in [6, 6.07) is 0. The van der Waals surface area contributed by atoms with Gasteiger partial charge in [0.05, 0.1) is 12.2 Å². The highest BCUT2D eigenvalue weighted by atomic mass is 32.1. The first-order valence-electron chi connectivity index (χ1n) is 8.17. The van der Waals surface area contributed by atoms with E-state index in [-0.39, 0.29) is 0 Å². The predicted octanol–water partition coefficient (Wildman–Crippen LogP) is 2.81. The van der Waals surface area contributed by atoms with Gasteiger partial charge in [-0.05, 0) is 37.5 Å². The Bertz CT molecular complexity index is 670. The SMILES string of the molecule is CC(C)C1CCC(c2cn(Cc3nc(C(N)=O)cs3)nn2)CC1. The summed E-state index contributed by atoms with van der Waals surface area (Å²) in [6.45, 7) is 5.16. The minimum absolute atomic E-state index is 0.317. The van der Waals surface area contributed by atoms with E-state index in [9.17, 15) is 4.79 Å². The van der Waals surface area contributed by atoms with Crippen molar-refractivity contribution in [1.82, 2.24) is 20.0 Å². The van der Waals surface area contributed by atoms with Crippen LogP contribution in [0.25, 0.3) is 0 Å². The number of nitrogens with two attached hydrogens (primary N) is 1. The molecule has 1 amide bonds. The summed E-state index contributed by atoms with van der Waals surface area (Å²) in [7, 11) is 0. The van der Waals surface area contributed by atoms with Gasteiger partial charge in [-0.3, -0.25) is 4.79 Å². The van der Waals surface area contributed by atoms with E-state index < -0.39 is 5.91 Å². The average Bonchev–Trinajstić information content (AvgIpc) is 3.17. The summed E-state index contributed by atoms with van der Waals surface area (Å²) in [5, 5.41) is 11.1. The van der Waals surface area contributed by atoms with Crippen LogP contribution >= 0.6 is 11.3 Å². The monoisotopic (exact) mass is 333 g/mol. The highest BCUT2D eigenvalue weighted by Crippen LogP contribution is 2.37. The Morgan fingerprint density at radius 1 is 1.39 bits per heavy atom. The molecule has 1 saturated carbocycles. The Labute approximate surface area is 140 Å². The first-order chi connectivity index (χ1) is 11.0. The minimum atomic E-state index is -0.492. The van der Waals surface area contributed by atoms with E-state index in [0.717, 1.165) is 22.5 Å². The van der Waals surface area contributed by atoms with Crippen LogP contribution in [0.4, 0.5) is 0 Å². The number of carbonyl (C=O) groups excluding carboxylic acids is 1. The van der Waals surface area contributed by atoms with E-state index in [1.807, 2.05) is 6.20 Å². The van der Waals surface area contributed by atoms with Gasteiger partial charge in [0.25, 0.3) is 5.91 Å². The molecule has 2 heterocycles. The second-order valence-electron chi connectivity index (χ2n) is 6.69. The van der Waals surface area contributed by atoms with Gasteiger partial charge in [-0.2, -0.15) is 0 Å². The molecule has 0 unspecified atom stereocenters. The number of primary amides is 1. The van der Waals surface area contributed by atoms with Crippen molar-refractivity contribution in [2.45, 2.75) is 52.0 Å². The number of rotatable bonds is 5. The number of amides is 1. The fourth-order valence-electron chi connectivity index (χ4n) is 3.29. The lowest BCUT2D eigenvalue weighted by Crippen LogP contribution is -2.17. The normalized spacial score (nSPS) is 21.7. The van der Waals surface area contributed by atoms with Gasteiger partial charge >= 0.3 is 0 Å². The molecule has 1 aliphatic rings. The first-order valence-corrected chi connectivity index (χ1v) is 9.05. The molecule has 2 N–H and O–H groups in total. The maximum Gasteiger partial charge on any atom is 0.268 e. The predicted molar refractivity (Wildman–Crippen MR) is 89.3 cm³/mol. The number of nitrogens with zero attached hydrogens (tertiary/aromatic N) is 4. The Hall–Kier alpha value is -1.76. The van der Waals surface area contributed by atoms with E-state index in [4.69, 9.17) is 5.73 Å². The first kappa shape index (κ1) is 16.1. The summed E-state index contributed by atoms with van der Waals surface area (Å²) < 4.78 is 1.80. The van der Waals surface area contributed by atoms with Crippen LogP contribution in [0.5, 0.6) is 0 Å². The Kier molecular flexibility index (Phi) is 4.75. The molecule has 3 rings (SSSR count). The zero-order valence-electron chi connectivity index (χ0n) is 13.6. The smallest absolute Gasteiger partial charge is 0.268 e. The molecule has 124 valence electrons. The second-order valence-corrected chi connectivity index (χ2v) is 7.63. The average molecular weight is 333 g/mol. The van der Waals surface area contributed by atoms with Gasteiger partial charge in [0.1, 0.15) is 10.7 Å². The van der Waals surface area contributed by atoms with Crippen LogP contribution in [-0.2, 0) is 6.54 Å². The second kappa shape index (κ2) is 6.78. The Morgan fingerprint density at radius 2 is 2.13 bits per heavy atom. The molecule has 0 spiro atoms. The maximum atomic E-state index is 11.1. The topological polar surface area (TPSA) is 86.7 Å². The molecule has 0 aromatic carbocycles. The zero-order valence-corrected chi connectivity index (χ0v) is 14.4. The van der Waals surface area contributed by atoms with Gasteiger partial charge in [-0.25, -0.2) is 9.67 Å². The lowest BCUT2D eigenvalue weighted by atomic mass is 9.76. The van der Waals surface area contributed by atoms with Crippen LogP contribution < -0.4 is 5.73 Å². The van der Waals surface area contributed by atoms with Gasteiger partial charge in [0, 0.05) is 17.5 Å². The van der Waals surface area contributed by atoms with E-state index in [1.54, 1.807) is 10.1 Å². The molecule has 0 bridgehead atoms. The molecule has 1 aliphatic carbocycles. The van der Waals surface area contributed by atoms with E-state index in [1.165, 1.54) is 37.0 Å². The fourth-order valence-corrected chi connectivity index (χ4v) is 4.07. The summed E-state index contributed by atoms with van der Waals surface area (Å²) in [5.74, 6) is 1.66. The van der Waals surface area contributed by atoms with E-state index in [2.05, 4.69) is 29.1 Å². The summed E-state index contributed by atoms with van der Waals surface area (Å²) in [5.41, 5.74) is 6.62. The summed E-state index contributed by atoms with van der Waals surface area (Å²) >= 11 is 1.42. The number of hydrogen-bond donors (Lipinski definition) is 1. The van der Waals surface area contributed by atoms with E-state index in [0.29, 0.717) is 18.2 Å². The van der Waals surface area contributed by atoms with Crippen LogP contribution in [0.3, 0.4) is 0 Å². The van der Waals surface area contributed by atoms with Crippen molar-refractivity contribution in [1.29, 1.82) is 0 Å². The quantitative estimate of drug-likeness (QED) is 0.911. The summed E-state index contributed by atoms with van der Waals surface area (Å²) in [6.07, 6.45) is 6.98. The third kappa shape index (κ3) is 3.77. The minimum Gasteiger partial charge on any atom is -0.364 e. The molecule has 0 atom stereocenters. The zero-order chi connectivity index (χ0) is 16.4. The summed E-state index contributed by atoms with van der Waals surface area (Å²) in [4.78, 5) is 15.3. The third-order valence-electron chi connectivity index (χ3n) is 4.79. The molecule has 0 radical (unpaired) electrons. The van der Waals surface area contributed by atoms with Gasteiger partial charge < -0.3 is 5.73 Å². The van der Waals surface area contributed by atoms with E-state index >= 15 is 0 Å². The molecule has 6 nitrogen and oxygen atoms in total. The highest BCUT2D eigenvalue weighted by Gasteiger charge is 2.26. The van der Waals surface area contributed by atoms with Crippen LogP contribution in [0.2, 0.25) is 0 Å². The van der Waals surface area contributed by atoms with Gasteiger partial charge in [-0.15, -0.1) is 16.4 Å². The molecule has 2 aromatic heterocycles. The molecular weight excluding hydrogens is 310 g/mol. The molecule has 7 heteroatoms. The van der Waals surface area contributed by atoms with Gasteiger partial charge in [-0.1, -0.05) is 19.1 Å². The van der Waals surface area contributed by atoms with Crippen molar-refractivity contribution in [3.05, 3.63) is 28.0 Å². The molecule has 23 heavy (non-hydrogen) atoms. The molecule has 0 aliphatic heterocycles. The third-order valence-corrected chi connectivity index (χ3v) is 5.62. The highest BCUT2D eigenvalue weighted by molar-refractivity contribution is 7.09. The number of thiazole rings is 1. The van der Waals surface area contributed by atoms with Crippen LogP contribution in [0, 0.1) is 11.8 Å². The van der Waals surface area contributed by atoms with Crippen molar-refractivity contribution in [2.75, 3.05) is 0 Å². The van der Waals surface area contributed by atoms with Crippen LogP contribution in [0.15, 0.2) is 11.6 Å². The van der Waals surface area contributed by atoms with Crippen molar-refractivity contribution in [3.63, 3.8) is 0 Å². The number of aromatic nitrogens is 4. The van der Waals surface area contributed by atoms with Gasteiger partial charge in [0.2, 0.25) is 0 Å². The van der Waals surface area contributed by atoms with Crippen molar-refractivity contribution >= 4 is 17.2 Å². The lowest BCUT2D eigenvalue weighted by Gasteiger charge is -2.29. The van der Waals surface area contributed by atoms with Crippen molar-refractivity contribution in [3.8, 4) is 0 Å². The number of hydrogen-bond acceptors (Lipinski definition) is 5. The largest absolute Gasteiger partial charge is 0.364 e. The molecule has 1 fully saturated rings. The van der Waals surface area contributed by atoms with Crippen LogP contribution in [0.1, 0.15) is 66.6 Å². The Morgan fingerprint density at radius 3 is 2.74 bits per heavy atom. The number of carbonyl (C=O) groups is 1. The fraction of sp³-hybridized carbons (Fsp3) is 0.625. The molecular formula is C16H23N5OS.